The maximum Gasteiger partial charge on any atom is 0.253 e. The van der Waals surface area contributed by atoms with Crippen LogP contribution in [0.3, 0.4) is 0 Å². The van der Waals surface area contributed by atoms with Crippen LogP contribution in [0, 0.1) is 6.92 Å². The van der Waals surface area contributed by atoms with Gasteiger partial charge in [0, 0.05) is 5.69 Å². The zero-order valence-corrected chi connectivity index (χ0v) is 11.2. The standard InChI is InChI=1S/C16H18N2O/c1-11-6-5-7-13(10-11)12(2)18-16(19)14-8-3-4-9-15(14)17/h3-10,12H,17H2,1-2H3,(H,18,19)/t12-/m1/s1. The highest BCUT2D eigenvalue weighted by molar-refractivity contribution is 5.99. The molecule has 0 aliphatic carbocycles. The van der Waals surface area contributed by atoms with Crippen molar-refractivity contribution >= 4 is 11.6 Å². The van der Waals surface area contributed by atoms with Crippen LogP contribution >= 0.6 is 0 Å². The van der Waals surface area contributed by atoms with Crippen LogP contribution < -0.4 is 11.1 Å². The van der Waals surface area contributed by atoms with Crippen molar-refractivity contribution in [2.24, 2.45) is 0 Å². The van der Waals surface area contributed by atoms with E-state index in [1.54, 1.807) is 12.1 Å². The fourth-order valence-electron chi connectivity index (χ4n) is 2.00. The average Bonchev–Trinajstić information content (AvgIpc) is 2.39. The van der Waals surface area contributed by atoms with Crippen LogP contribution in [-0.4, -0.2) is 5.91 Å². The molecule has 0 radical (unpaired) electrons. The summed E-state index contributed by atoms with van der Waals surface area (Å²) < 4.78 is 0. The van der Waals surface area contributed by atoms with Gasteiger partial charge >= 0.3 is 0 Å². The van der Waals surface area contributed by atoms with E-state index in [9.17, 15) is 4.79 Å². The summed E-state index contributed by atoms with van der Waals surface area (Å²) >= 11 is 0. The van der Waals surface area contributed by atoms with Crippen LogP contribution in [-0.2, 0) is 0 Å². The van der Waals surface area contributed by atoms with E-state index >= 15 is 0 Å². The molecule has 0 spiro atoms. The Hall–Kier alpha value is -2.29. The molecule has 0 aliphatic rings. The second-order valence-electron chi connectivity index (χ2n) is 4.70. The zero-order chi connectivity index (χ0) is 13.8. The molecule has 98 valence electrons. The molecule has 0 saturated heterocycles. The topological polar surface area (TPSA) is 55.1 Å². The van der Waals surface area contributed by atoms with Gasteiger partial charge < -0.3 is 11.1 Å². The molecule has 0 heterocycles. The molecule has 3 nitrogen and oxygen atoms in total. The van der Waals surface area contributed by atoms with E-state index in [2.05, 4.69) is 11.4 Å². The number of nitrogens with one attached hydrogen (secondary N) is 1. The molecular formula is C16H18N2O. The third kappa shape index (κ3) is 3.13. The quantitative estimate of drug-likeness (QED) is 0.827. The average molecular weight is 254 g/mol. The van der Waals surface area contributed by atoms with Crippen LogP contribution in [0.4, 0.5) is 5.69 Å². The number of anilines is 1. The lowest BCUT2D eigenvalue weighted by atomic mass is 10.1. The van der Waals surface area contributed by atoms with Crippen LogP contribution in [0.15, 0.2) is 48.5 Å². The number of amides is 1. The van der Waals surface area contributed by atoms with Crippen LogP contribution in [0.5, 0.6) is 0 Å². The van der Waals surface area contributed by atoms with Crippen molar-refractivity contribution in [1.82, 2.24) is 5.32 Å². The third-order valence-electron chi connectivity index (χ3n) is 3.10. The molecule has 2 aromatic carbocycles. The number of rotatable bonds is 3. The summed E-state index contributed by atoms with van der Waals surface area (Å²) in [5.41, 5.74) is 9.08. The number of carbonyl (C=O) groups excluding carboxylic acids is 1. The molecule has 2 aromatic rings. The molecule has 19 heavy (non-hydrogen) atoms. The Morgan fingerprint density at radius 2 is 1.89 bits per heavy atom. The first-order chi connectivity index (χ1) is 9.08. The molecule has 2 rings (SSSR count). The summed E-state index contributed by atoms with van der Waals surface area (Å²) in [7, 11) is 0. The van der Waals surface area contributed by atoms with E-state index in [0.29, 0.717) is 11.3 Å². The van der Waals surface area contributed by atoms with Gasteiger partial charge in [-0.3, -0.25) is 4.79 Å². The van der Waals surface area contributed by atoms with Gasteiger partial charge in [0.1, 0.15) is 0 Å². The Bertz CT molecular complexity index is 593. The van der Waals surface area contributed by atoms with Crippen molar-refractivity contribution in [1.29, 1.82) is 0 Å². The van der Waals surface area contributed by atoms with Crippen molar-refractivity contribution in [3.05, 3.63) is 65.2 Å². The molecule has 0 bridgehead atoms. The van der Waals surface area contributed by atoms with Crippen LogP contribution in [0.2, 0.25) is 0 Å². The van der Waals surface area contributed by atoms with E-state index < -0.39 is 0 Å². The molecule has 3 heteroatoms. The minimum Gasteiger partial charge on any atom is -0.398 e. The zero-order valence-electron chi connectivity index (χ0n) is 11.2. The number of aryl methyl sites for hydroxylation is 1. The van der Waals surface area contributed by atoms with Gasteiger partial charge in [0.05, 0.1) is 11.6 Å². The van der Waals surface area contributed by atoms with Gasteiger partial charge in [0.2, 0.25) is 0 Å². The van der Waals surface area contributed by atoms with E-state index in [1.807, 2.05) is 44.2 Å². The SMILES string of the molecule is Cc1cccc([C@@H](C)NC(=O)c2ccccc2N)c1. The number of para-hydroxylation sites is 1. The predicted octanol–water partition coefficient (Wildman–Crippen LogP) is 3.07. The molecule has 3 N–H and O–H groups in total. The second-order valence-corrected chi connectivity index (χ2v) is 4.70. The summed E-state index contributed by atoms with van der Waals surface area (Å²) in [5, 5.41) is 2.96. The summed E-state index contributed by atoms with van der Waals surface area (Å²) in [4.78, 5) is 12.1. The largest absolute Gasteiger partial charge is 0.398 e. The Balaban J connectivity index is 2.13. The maximum atomic E-state index is 12.1. The number of benzene rings is 2. The molecule has 0 aromatic heterocycles. The summed E-state index contributed by atoms with van der Waals surface area (Å²) in [6, 6.07) is 15.1. The minimum absolute atomic E-state index is 0.0491. The maximum absolute atomic E-state index is 12.1. The molecule has 0 fully saturated rings. The second kappa shape index (κ2) is 5.57. The van der Waals surface area contributed by atoms with Gasteiger partial charge in [-0.2, -0.15) is 0 Å². The Morgan fingerprint density at radius 1 is 1.16 bits per heavy atom. The highest BCUT2D eigenvalue weighted by Crippen LogP contribution is 2.16. The third-order valence-corrected chi connectivity index (χ3v) is 3.10. The lowest BCUT2D eigenvalue weighted by Crippen LogP contribution is -2.27. The number of nitrogen functional groups attached to an aromatic ring is 1. The van der Waals surface area contributed by atoms with E-state index in [0.717, 1.165) is 5.56 Å². The normalized spacial score (nSPS) is 11.9. The fraction of sp³-hybridized carbons (Fsp3) is 0.188. The Kier molecular flexibility index (Phi) is 3.85. The lowest BCUT2D eigenvalue weighted by Gasteiger charge is -2.15. The molecule has 0 saturated carbocycles. The smallest absolute Gasteiger partial charge is 0.253 e. The molecule has 0 aliphatic heterocycles. The highest BCUT2D eigenvalue weighted by Gasteiger charge is 2.13. The molecule has 1 amide bonds. The number of hydrogen-bond acceptors (Lipinski definition) is 2. The number of nitrogens with two attached hydrogens (primary N) is 1. The number of carbonyl (C=O) groups is 1. The van der Waals surface area contributed by atoms with Gasteiger partial charge in [0.15, 0.2) is 0 Å². The fourth-order valence-corrected chi connectivity index (χ4v) is 2.00. The van der Waals surface area contributed by atoms with Gasteiger partial charge in [0.25, 0.3) is 5.91 Å². The van der Waals surface area contributed by atoms with Crippen LogP contribution in [0.1, 0.15) is 34.5 Å². The molecular weight excluding hydrogens is 236 g/mol. The van der Waals surface area contributed by atoms with Crippen molar-refractivity contribution in [3.8, 4) is 0 Å². The predicted molar refractivity (Wildman–Crippen MR) is 77.9 cm³/mol. The summed E-state index contributed by atoms with van der Waals surface area (Å²) in [6.07, 6.45) is 0. The first-order valence-electron chi connectivity index (χ1n) is 6.30. The first kappa shape index (κ1) is 13.1. The molecule has 1 atom stereocenters. The van der Waals surface area contributed by atoms with Crippen molar-refractivity contribution in [2.75, 3.05) is 5.73 Å². The van der Waals surface area contributed by atoms with E-state index in [-0.39, 0.29) is 11.9 Å². The van der Waals surface area contributed by atoms with E-state index in [1.165, 1.54) is 5.56 Å². The van der Waals surface area contributed by atoms with Crippen molar-refractivity contribution < 1.29 is 4.79 Å². The van der Waals surface area contributed by atoms with Crippen molar-refractivity contribution in [3.63, 3.8) is 0 Å². The lowest BCUT2D eigenvalue weighted by molar-refractivity contribution is 0.0941. The Labute approximate surface area is 113 Å². The monoisotopic (exact) mass is 254 g/mol. The first-order valence-corrected chi connectivity index (χ1v) is 6.30. The highest BCUT2D eigenvalue weighted by atomic mass is 16.1. The summed E-state index contributed by atoms with van der Waals surface area (Å²) in [6.45, 7) is 4.00. The van der Waals surface area contributed by atoms with Gasteiger partial charge in [-0.05, 0) is 31.5 Å². The van der Waals surface area contributed by atoms with Gasteiger partial charge in [-0.25, -0.2) is 0 Å². The summed E-state index contributed by atoms with van der Waals surface area (Å²) in [5.74, 6) is -0.146. The molecule has 0 unspecified atom stereocenters. The van der Waals surface area contributed by atoms with Crippen molar-refractivity contribution in [2.45, 2.75) is 19.9 Å². The van der Waals surface area contributed by atoms with E-state index in [4.69, 9.17) is 5.73 Å². The number of hydrogen-bond donors (Lipinski definition) is 2. The van der Waals surface area contributed by atoms with Gasteiger partial charge in [-0.15, -0.1) is 0 Å². The minimum atomic E-state index is -0.146. The van der Waals surface area contributed by atoms with Gasteiger partial charge in [-0.1, -0.05) is 42.0 Å². The Morgan fingerprint density at radius 3 is 2.58 bits per heavy atom. The van der Waals surface area contributed by atoms with Crippen LogP contribution in [0.25, 0.3) is 0 Å².